The molecule has 0 aromatic heterocycles. The molecule has 0 heterocycles. The molecule has 3 fully saturated rings. The van der Waals surface area contributed by atoms with Gasteiger partial charge >= 0.3 is 5.97 Å². The maximum absolute atomic E-state index is 12.0. The summed E-state index contributed by atoms with van der Waals surface area (Å²) in [5.41, 5.74) is 0. The van der Waals surface area contributed by atoms with Crippen molar-refractivity contribution in [2.75, 3.05) is 0 Å². The average molecular weight is 319 g/mol. The smallest absolute Gasteiger partial charge is 0.330 e. The molecule has 3 rings (SSSR count). The van der Waals surface area contributed by atoms with Gasteiger partial charge < -0.3 is 4.74 Å². The van der Waals surface area contributed by atoms with Crippen molar-refractivity contribution in [3.8, 4) is 0 Å². The highest BCUT2D eigenvalue weighted by Gasteiger charge is 2.27. The van der Waals surface area contributed by atoms with Gasteiger partial charge in [0, 0.05) is 6.08 Å². The van der Waals surface area contributed by atoms with E-state index in [1.54, 1.807) is 6.08 Å². The van der Waals surface area contributed by atoms with E-state index in [-0.39, 0.29) is 12.1 Å². The third kappa shape index (κ3) is 5.36. The second kappa shape index (κ2) is 8.89. The Kier molecular flexibility index (Phi) is 6.59. The van der Waals surface area contributed by atoms with Gasteiger partial charge in [0.05, 0.1) is 0 Å². The molecule has 3 aliphatic rings. The zero-order valence-electron chi connectivity index (χ0n) is 14.7. The van der Waals surface area contributed by atoms with Gasteiger partial charge in [0.25, 0.3) is 0 Å². The van der Waals surface area contributed by atoms with E-state index in [0.29, 0.717) is 5.92 Å². The Morgan fingerprint density at radius 1 is 0.696 bits per heavy atom. The predicted octanol–water partition coefficient (Wildman–Crippen LogP) is 5.81. The first-order valence-corrected chi connectivity index (χ1v) is 10.2. The van der Waals surface area contributed by atoms with Gasteiger partial charge in [0.2, 0.25) is 0 Å². The number of hydrogen-bond acceptors (Lipinski definition) is 2. The lowest BCUT2D eigenvalue weighted by atomic mass is 9.71. The monoisotopic (exact) mass is 318 g/mol. The predicted molar refractivity (Wildman–Crippen MR) is 94.1 cm³/mol. The standard InChI is InChI=1S/C21H34O2/c22-21(23-20-9-5-2-6-10-20)16-13-17-11-14-19(15-12-17)18-7-3-1-4-8-18/h13,16-20H,1-12,14-15H2/b16-13-. The van der Waals surface area contributed by atoms with Gasteiger partial charge in [-0.2, -0.15) is 0 Å². The van der Waals surface area contributed by atoms with E-state index in [0.717, 1.165) is 24.7 Å². The van der Waals surface area contributed by atoms with Gasteiger partial charge in [-0.05, 0) is 69.1 Å². The van der Waals surface area contributed by atoms with Crippen LogP contribution in [0.25, 0.3) is 0 Å². The van der Waals surface area contributed by atoms with Crippen LogP contribution in [0.4, 0.5) is 0 Å². The maximum atomic E-state index is 12.0. The lowest BCUT2D eigenvalue weighted by Gasteiger charge is -2.35. The molecule has 0 N–H and O–H groups in total. The number of esters is 1. The van der Waals surface area contributed by atoms with E-state index in [1.807, 2.05) is 0 Å². The van der Waals surface area contributed by atoms with Crippen LogP contribution >= 0.6 is 0 Å². The number of ether oxygens (including phenoxy) is 1. The molecule has 2 heteroatoms. The summed E-state index contributed by atoms with van der Waals surface area (Å²) < 4.78 is 5.57. The third-order valence-electron chi connectivity index (χ3n) is 6.47. The molecule has 0 bridgehead atoms. The summed E-state index contributed by atoms with van der Waals surface area (Å²) in [4.78, 5) is 12.0. The molecule has 0 aromatic carbocycles. The topological polar surface area (TPSA) is 26.3 Å². The molecule has 23 heavy (non-hydrogen) atoms. The molecule has 0 aromatic rings. The Labute approximate surface area is 142 Å². The van der Waals surface area contributed by atoms with Crippen LogP contribution in [0.1, 0.15) is 89.9 Å². The summed E-state index contributed by atoms with van der Waals surface area (Å²) in [5, 5.41) is 0. The quantitative estimate of drug-likeness (QED) is 0.483. The van der Waals surface area contributed by atoms with E-state index >= 15 is 0 Å². The number of hydrogen-bond donors (Lipinski definition) is 0. The van der Waals surface area contributed by atoms with Crippen LogP contribution in [0.15, 0.2) is 12.2 Å². The molecule has 3 aliphatic carbocycles. The second-order valence-corrected chi connectivity index (χ2v) is 8.13. The van der Waals surface area contributed by atoms with Crippen LogP contribution in [-0.2, 0) is 9.53 Å². The minimum absolute atomic E-state index is 0.105. The third-order valence-corrected chi connectivity index (χ3v) is 6.47. The van der Waals surface area contributed by atoms with Crippen LogP contribution in [0, 0.1) is 17.8 Å². The Hall–Kier alpha value is -0.790. The fourth-order valence-corrected chi connectivity index (χ4v) is 5.02. The lowest BCUT2D eigenvalue weighted by molar-refractivity contribution is -0.144. The number of allylic oxidation sites excluding steroid dienone is 1. The molecule has 2 nitrogen and oxygen atoms in total. The van der Waals surface area contributed by atoms with Gasteiger partial charge in [0.15, 0.2) is 0 Å². The second-order valence-electron chi connectivity index (χ2n) is 8.13. The van der Waals surface area contributed by atoms with E-state index < -0.39 is 0 Å². The van der Waals surface area contributed by atoms with E-state index in [1.165, 1.54) is 77.0 Å². The molecule has 130 valence electrons. The fraction of sp³-hybridized carbons (Fsp3) is 0.857. The first kappa shape index (κ1) is 17.0. The largest absolute Gasteiger partial charge is 0.459 e. The van der Waals surface area contributed by atoms with Crippen molar-refractivity contribution in [2.45, 2.75) is 96.0 Å². The molecule has 0 saturated heterocycles. The highest BCUT2D eigenvalue weighted by molar-refractivity contribution is 5.82. The molecule has 0 spiro atoms. The number of carbonyl (C=O) groups is 1. The van der Waals surface area contributed by atoms with E-state index in [2.05, 4.69) is 6.08 Å². The highest BCUT2D eigenvalue weighted by Crippen LogP contribution is 2.40. The molecular formula is C21H34O2. The number of carbonyl (C=O) groups excluding carboxylic acids is 1. The van der Waals surface area contributed by atoms with E-state index in [4.69, 9.17) is 4.74 Å². The summed E-state index contributed by atoms with van der Waals surface area (Å²) >= 11 is 0. The first-order chi connectivity index (χ1) is 11.3. The Bertz CT molecular complexity index is 381. The first-order valence-electron chi connectivity index (χ1n) is 10.2. The van der Waals surface area contributed by atoms with Gasteiger partial charge in [-0.3, -0.25) is 0 Å². The minimum Gasteiger partial charge on any atom is -0.459 e. The number of rotatable bonds is 4. The van der Waals surface area contributed by atoms with Crippen molar-refractivity contribution in [1.82, 2.24) is 0 Å². The minimum atomic E-state index is -0.105. The van der Waals surface area contributed by atoms with Crippen molar-refractivity contribution in [3.63, 3.8) is 0 Å². The van der Waals surface area contributed by atoms with Crippen LogP contribution in [-0.4, -0.2) is 12.1 Å². The van der Waals surface area contributed by atoms with Crippen molar-refractivity contribution in [2.24, 2.45) is 17.8 Å². The van der Waals surface area contributed by atoms with Crippen LogP contribution in [0.5, 0.6) is 0 Å². The highest BCUT2D eigenvalue weighted by atomic mass is 16.5. The molecule has 0 amide bonds. The molecule has 0 radical (unpaired) electrons. The average Bonchev–Trinajstić information content (AvgIpc) is 2.62. The zero-order chi connectivity index (χ0) is 15.9. The van der Waals surface area contributed by atoms with Crippen molar-refractivity contribution in [3.05, 3.63) is 12.2 Å². The maximum Gasteiger partial charge on any atom is 0.330 e. The van der Waals surface area contributed by atoms with Crippen molar-refractivity contribution < 1.29 is 9.53 Å². The summed E-state index contributed by atoms with van der Waals surface area (Å²) in [6.45, 7) is 0. The van der Waals surface area contributed by atoms with Crippen molar-refractivity contribution >= 4 is 5.97 Å². The van der Waals surface area contributed by atoms with E-state index in [9.17, 15) is 4.79 Å². The van der Waals surface area contributed by atoms with Crippen molar-refractivity contribution in [1.29, 1.82) is 0 Å². The summed E-state index contributed by atoms with van der Waals surface area (Å²) in [6.07, 6.45) is 22.5. The Morgan fingerprint density at radius 2 is 1.26 bits per heavy atom. The van der Waals surface area contributed by atoms with Gasteiger partial charge in [0.1, 0.15) is 6.10 Å². The molecule has 0 aliphatic heterocycles. The fourth-order valence-electron chi connectivity index (χ4n) is 5.02. The van der Waals surface area contributed by atoms with Gasteiger partial charge in [-0.1, -0.05) is 44.6 Å². The SMILES string of the molecule is O=C(/C=C\C1CCC(C2CCCCC2)CC1)OC1CCCCC1. The normalized spacial score (nSPS) is 31.3. The van der Waals surface area contributed by atoms with Crippen LogP contribution < -0.4 is 0 Å². The summed E-state index contributed by atoms with van der Waals surface area (Å²) in [6, 6.07) is 0. The molecule has 0 unspecified atom stereocenters. The molecule has 3 saturated carbocycles. The zero-order valence-corrected chi connectivity index (χ0v) is 14.7. The Morgan fingerprint density at radius 3 is 1.91 bits per heavy atom. The van der Waals surface area contributed by atoms with Crippen LogP contribution in [0.3, 0.4) is 0 Å². The molecule has 0 atom stereocenters. The lowest BCUT2D eigenvalue weighted by Crippen LogP contribution is -2.23. The summed E-state index contributed by atoms with van der Waals surface area (Å²) in [7, 11) is 0. The van der Waals surface area contributed by atoms with Crippen LogP contribution in [0.2, 0.25) is 0 Å². The van der Waals surface area contributed by atoms with Gasteiger partial charge in [-0.15, -0.1) is 0 Å². The Balaban J connectivity index is 1.36. The molecular weight excluding hydrogens is 284 g/mol. The summed E-state index contributed by atoms with van der Waals surface area (Å²) in [5.74, 6) is 2.47. The van der Waals surface area contributed by atoms with Gasteiger partial charge in [-0.25, -0.2) is 4.79 Å².